The van der Waals surface area contributed by atoms with Crippen LogP contribution in [-0.2, 0) is 0 Å². The smallest absolute Gasteiger partial charge is 0.255 e. The van der Waals surface area contributed by atoms with Gasteiger partial charge in [-0.2, -0.15) is 0 Å². The fraction of sp³-hybridized carbons (Fsp3) is 0.182. The first-order chi connectivity index (χ1) is 7.20. The van der Waals surface area contributed by atoms with Crippen LogP contribution in [0.25, 0.3) is 0 Å². The molecule has 0 unspecified atom stereocenters. The van der Waals surface area contributed by atoms with Crippen molar-refractivity contribution >= 4 is 5.91 Å². The predicted molar refractivity (Wildman–Crippen MR) is 55.8 cm³/mol. The lowest BCUT2D eigenvalue weighted by Gasteiger charge is -2.07. The molecule has 0 heterocycles. The third-order valence-electron chi connectivity index (χ3n) is 1.81. The van der Waals surface area contributed by atoms with Gasteiger partial charge in [-0.3, -0.25) is 4.79 Å². The number of para-hydroxylation sites is 1. The van der Waals surface area contributed by atoms with Crippen LogP contribution in [0.5, 0.6) is 11.5 Å². The monoisotopic (exact) mass is 205 g/mol. The van der Waals surface area contributed by atoms with Crippen LogP contribution in [0.15, 0.2) is 18.2 Å². The van der Waals surface area contributed by atoms with E-state index in [4.69, 9.17) is 11.2 Å². The Labute approximate surface area is 87.9 Å². The number of aromatic hydroxyl groups is 1. The molecule has 4 nitrogen and oxygen atoms in total. The van der Waals surface area contributed by atoms with Crippen LogP contribution < -0.4 is 10.1 Å². The summed E-state index contributed by atoms with van der Waals surface area (Å²) in [6.07, 6.45) is 5.00. The van der Waals surface area contributed by atoms with Crippen LogP contribution in [0.3, 0.4) is 0 Å². The van der Waals surface area contributed by atoms with E-state index in [-0.39, 0.29) is 23.6 Å². The Bertz CT molecular complexity index is 407. The Hall–Kier alpha value is -2.15. The van der Waals surface area contributed by atoms with E-state index in [1.54, 1.807) is 12.1 Å². The average molecular weight is 205 g/mol. The molecule has 2 N–H and O–H groups in total. The number of methoxy groups -OCH3 is 1. The lowest BCUT2D eigenvalue weighted by atomic mass is 10.1. The number of carbonyl (C=O) groups is 1. The molecule has 0 saturated carbocycles. The number of hydrogen-bond acceptors (Lipinski definition) is 3. The zero-order chi connectivity index (χ0) is 11.3. The highest BCUT2D eigenvalue weighted by atomic mass is 16.5. The van der Waals surface area contributed by atoms with Gasteiger partial charge in [0.25, 0.3) is 5.91 Å². The van der Waals surface area contributed by atoms with Gasteiger partial charge in [0, 0.05) is 0 Å². The summed E-state index contributed by atoms with van der Waals surface area (Å²) in [4.78, 5) is 11.5. The summed E-state index contributed by atoms with van der Waals surface area (Å²) in [6.45, 7) is 0.121. The normalized spacial score (nSPS) is 9.07. The van der Waals surface area contributed by atoms with E-state index in [9.17, 15) is 9.90 Å². The van der Waals surface area contributed by atoms with Crippen molar-refractivity contribution in [3.8, 4) is 23.8 Å². The minimum absolute atomic E-state index is 0.121. The summed E-state index contributed by atoms with van der Waals surface area (Å²) in [5, 5.41) is 12.1. The predicted octanol–water partition coefficient (Wildman–Crippen LogP) is 0.764. The second kappa shape index (κ2) is 4.91. The average Bonchev–Trinajstić information content (AvgIpc) is 2.26. The molecule has 0 bridgehead atoms. The number of ether oxygens (including phenoxy) is 1. The van der Waals surface area contributed by atoms with Crippen LogP contribution in [0.4, 0.5) is 0 Å². The Balaban J connectivity index is 2.95. The maximum absolute atomic E-state index is 11.5. The molecule has 78 valence electrons. The topological polar surface area (TPSA) is 58.6 Å². The highest BCUT2D eigenvalue weighted by Gasteiger charge is 2.13. The first-order valence-electron chi connectivity index (χ1n) is 4.28. The number of hydrogen-bond donors (Lipinski definition) is 2. The van der Waals surface area contributed by atoms with E-state index in [0.29, 0.717) is 0 Å². The van der Waals surface area contributed by atoms with Gasteiger partial charge in [-0.25, -0.2) is 0 Å². The molecule has 1 aromatic carbocycles. The number of phenolic OH excluding ortho intramolecular Hbond substituents is 1. The van der Waals surface area contributed by atoms with Crippen molar-refractivity contribution in [3.63, 3.8) is 0 Å². The molecule has 1 amide bonds. The highest BCUT2D eigenvalue weighted by molar-refractivity contribution is 5.97. The zero-order valence-electron chi connectivity index (χ0n) is 8.28. The number of rotatable bonds is 3. The molecule has 0 fully saturated rings. The summed E-state index contributed by atoms with van der Waals surface area (Å²) in [7, 11) is 1.41. The lowest BCUT2D eigenvalue weighted by Crippen LogP contribution is -2.23. The Kier molecular flexibility index (Phi) is 3.58. The second-order valence-electron chi connectivity index (χ2n) is 2.74. The Morgan fingerprint density at radius 3 is 3.00 bits per heavy atom. The first kappa shape index (κ1) is 10.9. The van der Waals surface area contributed by atoms with Gasteiger partial charge < -0.3 is 15.2 Å². The standard InChI is InChI=1S/C11H11NO3/c1-3-7-12-11(14)8-5-4-6-9(15-2)10(8)13/h1,4-6,13H,7H2,2H3,(H,12,14). The van der Waals surface area contributed by atoms with Crippen molar-refractivity contribution < 1.29 is 14.6 Å². The molecule has 0 aliphatic rings. The molecule has 0 radical (unpaired) electrons. The molecule has 1 rings (SSSR count). The first-order valence-corrected chi connectivity index (χ1v) is 4.28. The largest absolute Gasteiger partial charge is 0.504 e. The van der Waals surface area contributed by atoms with Crippen LogP contribution in [-0.4, -0.2) is 24.7 Å². The fourth-order valence-electron chi connectivity index (χ4n) is 1.10. The van der Waals surface area contributed by atoms with Gasteiger partial charge in [0.2, 0.25) is 0 Å². The van der Waals surface area contributed by atoms with E-state index in [1.165, 1.54) is 13.2 Å². The number of benzene rings is 1. The van der Waals surface area contributed by atoms with Gasteiger partial charge in [0.1, 0.15) is 0 Å². The molecule has 15 heavy (non-hydrogen) atoms. The summed E-state index contributed by atoms with van der Waals surface area (Å²) in [6, 6.07) is 4.67. The van der Waals surface area contributed by atoms with Gasteiger partial charge in [0.05, 0.1) is 19.2 Å². The Morgan fingerprint density at radius 1 is 1.67 bits per heavy atom. The molecule has 0 atom stereocenters. The third kappa shape index (κ3) is 2.41. The Morgan fingerprint density at radius 2 is 2.40 bits per heavy atom. The minimum Gasteiger partial charge on any atom is -0.504 e. The lowest BCUT2D eigenvalue weighted by molar-refractivity contribution is 0.0955. The summed E-state index contributed by atoms with van der Waals surface area (Å²) in [5.74, 6) is 1.91. The number of terminal acetylenes is 1. The van der Waals surface area contributed by atoms with Gasteiger partial charge in [-0.05, 0) is 12.1 Å². The summed E-state index contributed by atoms with van der Waals surface area (Å²) < 4.78 is 4.87. The van der Waals surface area contributed by atoms with E-state index in [2.05, 4.69) is 11.2 Å². The van der Waals surface area contributed by atoms with Crippen LogP contribution in [0.1, 0.15) is 10.4 Å². The summed E-state index contributed by atoms with van der Waals surface area (Å²) in [5.41, 5.74) is 0.143. The number of amides is 1. The van der Waals surface area contributed by atoms with Crippen LogP contribution in [0, 0.1) is 12.3 Å². The summed E-state index contributed by atoms with van der Waals surface area (Å²) >= 11 is 0. The van der Waals surface area contributed by atoms with Crippen molar-refractivity contribution in [3.05, 3.63) is 23.8 Å². The molecular weight excluding hydrogens is 194 g/mol. The van der Waals surface area contributed by atoms with Crippen molar-refractivity contribution in [1.29, 1.82) is 0 Å². The van der Waals surface area contributed by atoms with E-state index < -0.39 is 5.91 Å². The highest BCUT2D eigenvalue weighted by Crippen LogP contribution is 2.28. The molecule has 0 aliphatic carbocycles. The second-order valence-corrected chi connectivity index (χ2v) is 2.74. The van der Waals surface area contributed by atoms with Crippen molar-refractivity contribution in [1.82, 2.24) is 5.32 Å². The number of carbonyl (C=O) groups excluding carboxylic acids is 1. The molecule has 0 aliphatic heterocycles. The maximum Gasteiger partial charge on any atom is 0.255 e. The molecular formula is C11H11NO3. The SMILES string of the molecule is C#CCNC(=O)c1cccc(OC)c1O. The number of nitrogens with one attached hydrogen (secondary N) is 1. The van der Waals surface area contributed by atoms with E-state index >= 15 is 0 Å². The minimum atomic E-state index is -0.427. The van der Waals surface area contributed by atoms with Crippen molar-refractivity contribution in [2.75, 3.05) is 13.7 Å². The maximum atomic E-state index is 11.5. The molecule has 0 spiro atoms. The van der Waals surface area contributed by atoms with E-state index in [0.717, 1.165) is 0 Å². The molecule has 4 heteroatoms. The quantitative estimate of drug-likeness (QED) is 0.716. The van der Waals surface area contributed by atoms with Crippen molar-refractivity contribution in [2.24, 2.45) is 0 Å². The number of phenols is 1. The zero-order valence-corrected chi connectivity index (χ0v) is 8.28. The molecule has 0 aromatic heterocycles. The van der Waals surface area contributed by atoms with E-state index in [1.807, 2.05) is 0 Å². The third-order valence-corrected chi connectivity index (χ3v) is 1.81. The molecule has 1 aromatic rings. The van der Waals surface area contributed by atoms with Gasteiger partial charge in [-0.15, -0.1) is 6.42 Å². The van der Waals surface area contributed by atoms with Gasteiger partial charge >= 0.3 is 0 Å². The van der Waals surface area contributed by atoms with Gasteiger partial charge in [0.15, 0.2) is 11.5 Å². The van der Waals surface area contributed by atoms with Crippen LogP contribution >= 0.6 is 0 Å². The fourth-order valence-corrected chi connectivity index (χ4v) is 1.10. The van der Waals surface area contributed by atoms with Crippen molar-refractivity contribution in [2.45, 2.75) is 0 Å². The van der Waals surface area contributed by atoms with Crippen LogP contribution in [0.2, 0.25) is 0 Å². The molecule has 0 saturated heterocycles. The van der Waals surface area contributed by atoms with Gasteiger partial charge in [-0.1, -0.05) is 12.0 Å².